The fourth-order valence-corrected chi connectivity index (χ4v) is 2.06. The van der Waals surface area contributed by atoms with Crippen molar-refractivity contribution in [3.05, 3.63) is 29.8 Å². The van der Waals surface area contributed by atoms with Gasteiger partial charge in [0.25, 0.3) is 0 Å². The van der Waals surface area contributed by atoms with Gasteiger partial charge in [0.2, 0.25) is 5.91 Å². The number of hydrogen-bond donors (Lipinski definition) is 2. The number of benzene rings is 1. The Kier molecular flexibility index (Phi) is 5.51. The van der Waals surface area contributed by atoms with Gasteiger partial charge in [0.15, 0.2) is 0 Å². The van der Waals surface area contributed by atoms with Crippen LogP contribution in [0.4, 0.5) is 5.69 Å². The summed E-state index contributed by atoms with van der Waals surface area (Å²) in [7, 11) is 2.10. The molecule has 0 heterocycles. The Labute approximate surface area is 116 Å². The van der Waals surface area contributed by atoms with Gasteiger partial charge in [-0.25, -0.2) is 0 Å². The summed E-state index contributed by atoms with van der Waals surface area (Å²) in [4.78, 5) is 13.2. The highest BCUT2D eigenvalue weighted by atomic mass is 16.1. The average molecular weight is 263 g/mol. The molecule has 0 fully saturated rings. The molecule has 0 aliphatic rings. The Bertz CT molecular complexity index is 412. The van der Waals surface area contributed by atoms with E-state index in [-0.39, 0.29) is 11.3 Å². The molecule has 0 unspecified atom stereocenters. The van der Waals surface area contributed by atoms with Crippen LogP contribution in [0.25, 0.3) is 0 Å². The second-order valence-electron chi connectivity index (χ2n) is 5.92. The maximum Gasteiger partial charge on any atom is 0.221 e. The molecule has 0 spiro atoms. The van der Waals surface area contributed by atoms with Crippen LogP contribution >= 0.6 is 0 Å². The number of amides is 1. The number of nitrogens with two attached hydrogens (primary N) is 1. The molecule has 4 nitrogen and oxygen atoms in total. The molecular formula is C15H25N3O. The van der Waals surface area contributed by atoms with Gasteiger partial charge < -0.3 is 16.0 Å². The van der Waals surface area contributed by atoms with Crippen molar-refractivity contribution in [1.29, 1.82) is 0 Å². The van der Waals surface area contributed by atoms with Crippen LogP contribution in [0.2, 0.25) is 0 Å². The summed E-state index contributed by atoms with van der Waals surface area (Å²) in [6, 6.07) is 7.94. The zero-order valence-electron chi connectivity index (χ0n) is 12.4. The molecule has 3 N–H and O–H groups in total. The fraction of sp³-hybridized carbons (Fsp3) is 0.533. The highest BCUT2D eigenvalue weighted by Crippen LogP contribution is 2.16. The Morgan fingerprint density at radius 3 is 2.37 bits per heavy atom. The molecule has 0 aromatic heterocycles. The second kappa shape index (κ2) is 6.68. The zero-order chi connectivity index (χ0) is 14.5. The molecule has 1 amide bonds. The van der Waals surface area contributed by atoms with Crippen molar-refractivity contribution >= 4 is 11.6 Å². The zero-order valence-corrected chi connectivity index (χ0v) is 12.4. The highest BCUT2D eigenvalue weighted by Gasteiger charge is 2.17. The fourth-order valence-electron chi connectivity index (χ4n) is 2.06. The van der Waals surface area contributed by atoms with Crippen LogP contribution in [-0.4, -0.2) is 30.9 Å². The Hall–Kier alpha value is -1.39. The van der Waals surface area contributed by atoms with E-state index in [1.165, 1.54) is 12.5 Å². The van der Waals surface area contributed by atoms with E-state index < -0.39 is 0 Å². The summed E-state index contributed by atoms with van der Waals surface area (Å²) in [6.07, 6.45) is 0. The molecule has 106 valence electrons. The minimum Gasteiger partial charge on any atom is -0.330 e. The van der Waals surface area contributed by atoms with Crippen LogP contribution in [-0.2, 0) is 11.3 Å². The number of hydrogen-bond acceptors (Lipinski definition) is 3. The normalized spacial score (nSPS) is 11.7. The summed E-state index contributed by atoms with van der Waals surface area (Å²) < 4.78 is 0. The van der Waals surface area contributed by atoms with Crippen molar-refractivity contribution in [2.24, 2.45) is 11.1 Å². The maximum absolute atomic E-state index is 10.9. The molecule has 0 aliphatic carbocycles. The third kappa shape index (κ3) is 5.85. The molecule has 0 radical (unpaired) electrons. The van der Waals surface area contributed by atoms with Crippen LogP contribution in [0, 0.1) is 5.41 Å². The van der Waals surface area contributed by atoms with Gasteiger partial charge in [-0.15, -0.1) is 0 Å². The standard InChI is InChI=1S/C15H25N3O/c1-12(19)17-14-7-5-13(6-8-14)9-18(4)11-15(2,3)10-16/h5-8H,9-11,16H2,1-4H3,(H,17,19). The number of nitrogens with one attached hydrogen (secondary N) is 1. The van der Waals surface area contributed by atoms with Gasteiger partial charge in [0, 0.05) is 25.7 Å². The quantitative estimate of drug-likeness (QED) is 0.826. The van der Waals surface area contributed by atoms with E-state index in [1.54, 1.807) is 0 Å². The summed E-state index contributed by atoms with van der Waals surface area (Å²) in [5, 5.41) is 2.76. The van der Waals surface area contributed by atoms with E-state index in [9.17, 15) is 4.79 Å². The van der Waals surface area contributed by atoms with E-state index in [2.05, 4.69) is 31.1 Å². The van der Waals surface area contributed by atoms with Gasteiger partial charge in [-0.3, -0.25) is 4.79 Å². The summed E-state index contributed by atoms with van der Waals surface area (Å²) >= 11 is 0. The number of anilines is 1. The molecular weight excluding hydrogens is 238 g/mol. The first-order chi connectivity index (χ1) is 8.82. The average Bonchev–Trinajstić information content (AvgIpc) is 2.30. The highest BCUT2D eigenvalue weighted by molar-refractivity contribution is 5.88. The van der Waals surface area contributed by atoms with Crippen molar-refractivity contribution < 1.29 is 4.79 Å². The summed E-state index contributed by atoms with van der Waals surface area (Å²) in [5.74, 6) is -0.0467. The van der Waals surface area contributed by atoms with Crippen molar-refractivity contribution in [2.45, 2.75) is 27.3 Å². The molecule has 19 heavy (non-hydrogen) atoms. The largest absolute Gasteiger partial charge is 0.330 e. The SMILES string of the molecule is CC(=O)Nc1ccc(CN(C)CC(C)(C)CN)cc1. The third-order valence-corrected chi connectivity index (χ3v) is 2.98. The molecule has 1 aromatic rings. The van der Waals surface area contributed by atoms with Crippen LogP contribution in [0.5, 0.6) is 0 Å². The Morgan fingerprint density at radius 1 is 1.32 bits per heavy atom. The monoisotopic (exact) mass is 263 g/mol. The molecule has 0 bridgehead atoms. The lowest BCUT2D eigenvalue weighted by molar-refractivity contribution is -0.114. The number of rotatable bonds is 6. The summed E-state index contributed by atoms with van der Waals surface area (Å²) in [5.41, 5.74) is 7.94. The van der Waals surface area contributed by atoms with E-state index in [1.807, 2.05) is 24.3 Å². The van der Waals surface area contributed by atoms with Gasteiger partial charge in [-0.1, -0.05) is 26.0 Å². The number of carbonyl (C=O) groups excluding carboxylic acids is 1. The second-order valence-corrected chi connectivity index (χ2v) is 5.92. The van der Waals surface area contributed by atoms with Gasteiger partial charge in [-0.05, 0) is 36.7 Å². The summed E-state index contributed by atoms with van der Waals surface area (Å²) in [6.45, 7) is 8.36. The van der Waals surface area contributed by atoms with Crippen molar-refractivity contribution in [2.75, 3.05) is 25.5 Å². The molecule has 0 saturated heterocycles. The van der Waals surface area contributed by atoms with Crippen molar-refractivity contribution in [1.82, 2.24) is 4.90 Å². The predicted octanol–water partition coefficient (Wildman–Crippen LogP) is 2.06. The lowest BCUT2D eigenvalue weighted by atomic mass is 9.93. The minimum atomic E-state index is -0.0467. The molecule has 0 atom stereocenters. The number of carbonyl (C=O) groups is 1. The first kappa shape index (κ1) is 15.7. The van der Waals surface area contributed by atoms with Crippen LogP contribution in [0.15, 0.2) is 24.3 Å². The van der Waals surface area contributed by atoms with Crippen molar-refractivity contribution in [3.8, 4) is 0 Å². The van der Waals surface area contributed by atoms with E-state index in [4.69, 9.17) is 5.73 Å². The van der Waals surface area contributed by atoms with E-state index in [0.717, 1.165) is 18.8 Å². The molecule has 1 rings (SSSR count). The maximum atomic E-state index is 10.9. The molecule has 4 heteroatoms. The van der Waals surface area contributed by atoms with Gasteiger partial charge in [0.05, 0.1) is 0 Å². The van der Waals surface area contributed by atoms with E-state index in [0.29, 0.717) is 6.54 Å². The van der Waals surface area contributed by atoms with Crippen molar-refractivity contribution in [3.63, 3.8) is 0 Å². The first-order valence-electron chi connectivity index (χ1n) is 6.57. The number of nitrogens with zero attached hydrogens (tertiary/aromatic N) is 1. The molecule has 0 aliphatic heterocycles. The van der Waals surface area contributed by atoms with Gasteiger partial charge in [0.1, 0.15) is 0 Å². The topological polar surface area (TPSA) is 58.4 Å². The first-order valence-corrected chi connectivity index (χ1v) is 6.57. The van der Waals surface area contributed by atoms with Crippen LogP contribution < -0.4 is 11.1 Å². The lowest BCUT2D eigenvalue weighted by Crippen LogP contribution is -2.36. The molecule has 1 aromatic carbocycles. The lowest BCUT2D eigenvalue weighted by Gasteiger charge is -2.29. The predicted molar refractivity (Wildman–Crippen MR) is 79.9 cm³/mol. The van der Waals surface area contributed by atoms with Gasteiger partial charge >= 0.3 is 0 Å². The smallest absolute Gasteiger partial charge is 0.221 e. The third-order valence-electron chi connectivity index (χ3n) is 2.98. The van der Waals surface area contributed by atoms with Crippen LogP contribution in [0.3, 0.4) is 0 Å². The Balaban J connectivity index is 2.55. The van der Waals surface area contributed by atoms with Gasteiger partial charge in [-0.2, -0.15) is 0 Å². The van der Waals surface area contributed by atoms with Crippen LogP contribution in [0.1, 0.15) is 26.3 Å². The van der Waals surface area contributed by atoms with E-state index >= 15 is 0 Å². The molecule has 0 saturated carbocycles. The Morgan fingerprint density at radius 2 is 1.89 bits per heavy atom. The minimum absolute atomic E-state index is 0.0467.